The number of amides is 1. The van der Waals surface area contributed by atoms with E-state index in [9.17, 15) is 9.90 Å². The molecule has 0 unspecified atom stereocenters. The maximum atomic E-state index is 11.9. The maximum Gasteiger partial charge on any atom is 0.227 e. The fourth-order valence-electron chi connectivity index (χ4n) is 3.34. The SMILES string of the molecule is CCNC(=NCc1ccc(O)c(OCC)c1)NCc1ccc(N2CCCC2=O)cc1. The van der Waals surface area contributed by atoms with Gasteiger partial charge in [-0.05, 0) is 55.7 Å². The van der Waals surface area contributed by atoms with Crippen LogP contribution in [0.15, 0.2) is 47.5 Å². The quantitative estimate of drug-likeness (QED) is 0.460. The number of aliphatic imine (C=N–C) groups is 1. The van der Waals surface area contributed by atoms with Gasteiger partial charge in [-0.25, -0.2) is 4.99 Å². The van der Waals surface area contributed by atoms with Gasteiger partial charge in [0.15, 0.2) is 17.5 Å². The molecule has 3 rings (SSSR count). The summed E-state index contributed by atoms with van der Waals surface area (Å²) in [4.78, 5) is 18.3. The number of phenolic OH excluding ortho intramolecular Hbond substituents is 1. The molecule has 1 aliphatic rings. The van der Waals surface area contributed by atoms with Crippen molar-refractivity contribution in [3.05, 3.63) is 53.6 Å². The summed E-state index contributed by atoms with van der Waals surface area (Å²) < 4.78 is 5.44. The number of nitrogens with zero attached hydrogens (tertiary/aromatic N) is 2. The number of nitrogens with one attached hydrogen (secondary N) is 2. The minimum atomic E-state index is 0.133. The highest BCUT2D eigenvalue weighted by molar-refractivity contribution is 5.95. The lowest BCUT2D eigenvalue weighted by Gasteiger charge is -2.16. The summed E-state index contributed by atoms with van der Waals surface area (Å²) in [6.45, 7) is 7.04. The second kappa shape index (κ2) is 10.5. The second-order valence-corrected chi connectivity index (χ2v) is 7.10. The first-order valence-corrected chi connectivity index (χ1v) is 10.5. The summed E-state index contributed by atoms with van der Waals surface area (Å²) in [5.41, 5.74) is 3.02. The number of benzene rings is 2. The fourth-order valence-corrected chi connectivity index (χ4v) is 3.34. The summed E-state index contributed by atoms with van der Waals surface area (Å²) in [5.74, 6) is 1.51. The van der Waals surface area contributed by atoms with Crippen LogP contribution in [0.1, 0.15) is 37.8 Å². The molecule has 1 amide bonds. The monoisotopic (exact) mass is 410 g/mol. The topological polar surface area (TPSA) is 86.2 Å². The van der Waals surface area contributed by atoms with Crippen LogP contribution in [-0.4, -0.2) is 36.7 Å². The number of carbonyl (C=O) groups is 1. The highest BCUT2D eigenvalue weighted by Gasteiger charge is 2.21. The Balaban J connectivity index is 1.60. The minimum Gasteiger partial charge on any atom is -0.504 e. The average molecular weight is 411 g/mol. The Morgan fingerprint density at radius 2 is 1.90 bits per heavy atom. The summed E-state index contributed by atoms with van der Waals surface area (Å²) in [5, 5.41) is 16.4. The lowest BCUT2D eigenvalue weighted by molar-refractivity contribution is -0.117. The van der Waals surface area contributed by atoms with E-state index in [0.717, 1.165) is 36.3 Å². The van der Waals surface area contributed by atoms with Gasteiger partial charge in [0, 0.05) is 31.7 Å². The van der Waals surface area contributed by atoms with E-state index in [4.69, 9.17) is 4.74 Å². The van der Waals surface area contributed by atoms with Crippen LogP contribution in [0, 0.1) is 0 Å². The van der Waals surface area contributed by atoms with Crippen molar-refractivity contribution in [1.29, 1.82) is 0 Å². The molecule has 3 N–H and O–H groups in total. The van der Waals surface area contributed by atoms with Crippen LogP contribution in [-0.2, 0) is 17.9 Å². The zero-order valence-electron chi connectivity index (χ0n) is 17.6. The molecule has 0 aromatic heterocycles. The standard InChI is InChI=1S/C23H30N4O3/c1-3-24-23(26-16-18-9-12-20(28)21(14-18)30-4-2)25-15-17-7-10-19(11-8-17)27-13-5-6-22(27)29/h7-12,14,28H,3-6,13,15-16H2,1-2H3,(H2,24,25,26). The number of hydrogen-bond donors (Lipinski definition) is 3. The minimum absolute atomic E-state index is 0.133. The molecule has 0 bridgehead atoms. The van der Waals surface area contributed by atoms with E-state index in [1.807, 2.05) is 55.1 Å². The van der Waals surface area contributed by atoms with Crippen LogP contribution in [0.4, 0.5) is 5.69 Å². The van der Waals surface area contributed by atoms with Crippen LogP contribution >= 0.6 is 0 Å². The molecule has 160 valence electrons. The highest BCUT2D eigenvalue weighted by atomic mass is 16.5. The van der Waals surface area contributed by atoms with Gasteiger partial charge >= 0.3 is 0 Å². The van der Waals surface area contributed by atoms with E-state index in [0.29, 0.717) is 37.8 Å². The third-order valence-corrected chi connectivity index (χ3v) is 4.87. The van der Waals surface area contributed by atoms with Crippen molar-refractivity contribution in [2.75, 3.05) is 24.6 Å². The molecule has 2 aromatic carbocycles. The third kappa shape index (κ3) is 5.65. The van der Waals surface area contributed by atoms with Crippen LogP contribution in [0.3, 0.4) is 0 Å². The Bertz CT molecular complexity index is 881. The van der Waals surface area contributed by atoms with Gasteiger partial charge in [0.25, 0.3) is 0 Å². The van der Waals surface area contributed by atoms with E-state index in [1.54, 1.807) is 6.07 Å². The van der Waals surface area contributed by atoms with Gasteiger partial charge in [0.1, 0.15) is 0 Å². The van der Waals surface area contributed by atoms with Gasteiger partial charge in [0.2, 0.25) is 5.91 Å². The number of phenols is 1. The largest absolute Gasteiger partial charge is 0.504 e. The summed E-state index contributed by atoms with van der Waals surface area (Å²) in [6, 6.07) is 13.3. The van der Waals surface area contributed by atoms with Crippen LogP contribution in [0.2, 0.25) is 0 Å². The molecule has 1 aliphatic heterocycles. The average Bonchev–Trinajstić information content (AvgIpc) is 3.18. The molecule has 0 saturated carbocycles. The molecule has 1 heterocycles. The van der Waals surface area contributed by atoms with Crippen LogP contribution < -0.4 is 20.3 Å². The summed E-state index contributed by atoms with van der Waals surface area (Å²) in [6.07, 6.45) is 1.57. The van der Waals surface area contributed by atoms with Crippen molar-refractivity contribution in [2.24, 2.45) is 4.99 Å². The lowest BCUT2D eigenvalue weighted by atomic mass is 10.2. The first kappa shape index (κ1) is 21.5. The molecule has 1 saturated heterocycles. The van der Waals surface area contributed by atoms with E-state index >= 15 is 0 Å². The number of carbonyl (C=O) groups excluding carboxylic acids is 1. The molecule has 0 atom stereocenters. The smallest absolute Gasteiger partial charge is 0.227 e. The van der Waals surface area contributed by atoms with Gasteiger partial charge < -0.3 is 25.4 Å². The Morgan fingerprint density at radius 3 is 2.57 bits per heavy atom. The molecule has 0 radical (unpaired) electrons. The van der Waals surface area contributed by atoms with Crippen molar-refractivity contribution >= 4 is 17.6 Å². The Hall–Kier alpha value is -3.22. The number of aromatic hydroxyl groups is 1. The van der Waals surface area contributed by atoms with E-state index in [2.05, 4.69) is 15.6 Å². The molecular weight excluding hydrogens is 380 g/mol. The van der Waals surface area contributed by atoms with Gasteiger partial charge in [-0.3, -0.25) is 4.79 Å². The number of ether oxygens (including phenoxy) is 1. The predicted molar refractivity (Wildman–Crippen MR) is 119 cm³/mol. The Labute approximate surface area is 177 Å². The zero-order valence-corrected chi connectivity index (χ0v) is 17.6. The molecule has 2 aromatic rings. The first-order valence-electron chi connectivity index (χ1n) is 10.5. The normalized spacial score (nSPS) is 14.1. The van der Waals surface area contributed by atoms with Crippen LogP contribution in [0.5, 0.6) is 11.5 Å². The number of hydrogen-bond acceptors (Lipinski definition) is 4. The predicted octanol–water partition coefficient (Wildman–Crippen LogP) is 3.17. The molecule has 1 fully saturated rings. The zero-order chi connectivity index (χ0) is 21.3. The van der Waals surface area contributed by atoms with Gasteiger partial charge in [-0.15, -0.1) is 0 Å². The summed E-state index contributed by atoms with van der Waals surface area (Å²) >= 11 is 0. The molecule has 30 heavy (non-hydrogen) atoms. The molecule has 7 heteroatoms. The number of guanidine groups is 1. The van der Waals surface area contributed by atoms with Gasteiger partial charge in [0.05, 0.1) is 13.2 Å². The van der Waals surface area contributed by atoms with E-state index < -0.39 is 0 Å². The van der Waals surface area contributed by atoms with E-state index in [-0.39, 0.29) is 11.7 Å². The molecule has 7 nitrogen and oxygen atoms in total. The molecular formula is C23H30N4O3. The molecule has 0 aliphatic carbocycles. The van der Waals surface area contributed by atoms with Crippen molar-refractivity contribution in [3.8, 4) is 11.5 Å². The van der Waals surface area contributed by atoms with Crippen LogP contribution in [0.25, 0.3) is 0 Å². The summed E-state index contributed by atoms with van der Waals surface area (Å²) in [7, 11) is 0. The first-order chi connectivity index (χ1) is 14.6. The Morgan fingerprint density at radius 1 is 1.13 bits per heavy atom. The van der Waals surface area contributed by atoms with Gasteiger partial charge in [-0.1, -0.05) is 18.2 Å². The second-order valence-electron chi connectivity index (χ2n) is 7.10. The fraction of sp³-hybridized carbons (Fsp3) is 0.391. The lowest BCUT2D eigenvalue weighted by Crippen LogP contribution is -2.36. The van der Waals surface area contributed by atoms with Gasteiger partial charge in [-0.2, -0.15) is 0 Å². The van der Waals surface area contributed by atoms with E-state index in [1.165, 1.54) is 0 Å². The Kier molecular flexibility index (Phi) is 7.54. The number of anilines is 1. The van der Waals surface area contributed by atoms with Crippen molar-refractivity contribution < 1.29 is 14.6 Å². The molecule has 0 spiro atoms. The van der Waals surface area contributed by atoms with Crippen molar-refractivity contribution in [3.63, 3.8) is 0 Å². The van der Waals surface area contributed by atoms with Crippen molar-refractivity contribution in [2.45, 2.75) is 39.8 Å². The highest BCUT2D eigenvalue weighted by Crippen LogP contribution is 2.27. The third-order valence-electron chi connectivity index (χ3n) is 4.87. The van der Waals surface area contributed by atoms with Crippen molar-refractivity contribution in [1.82, 2.24) is 10.6 Å². The maximum absolute atomic E-state index is 11.9. The number of rotatable bonds is 8.